The maximum atomic E-state index is 4.91. The van der Waals surface area contributed by atoms with Crippen molar-refractivity contribution in [1.82, 2.24) is 19.6 Å². The lowest BCUT2D eigenvalue weighted by Gasteiger charge is -2.37. The van der Waals surface area contributed by atoms with Gasteiger partial charge in [-0.1, -0.05) is 29.8 Å². The Bertz CT molecular complexity index is 1120. The van der Waals surface area contributed by atoms with Crippen LogP contribution in [0.5, 0.6) is 0 Å². The number of nitrogens with zero attached hydrogens (tertiary/aromatic N) is 6. The van der Waals surface area contributed by atoms with Gasteiger partial charge in [-0.2, -0.15) is 0 Å². The summed E-state index contributed by atoms with van der Waals surface area (Å²) in [5.41, 5.74) is 6.82. The summed E-state index contributed by atoms with van der Waals surface area (Å²) in [4.78, 5) is 9.71. The monoisotopic (exact) mass is 358 g/mol. The lowest BCUT2D eigenvalue weighted by atomic mass is 10.1. The lowest BCUT2D eigenvalue weighted by molar-refractivity contribution is 0.647. The first-order valence-electron chi connectivity index (χ1n) is 9.36. The molecule has 3 heterocycles. The molecule has 1 fully saturated rings. The minimum absolute atomic E-state index is 0.827. The number of rotatable bonds is 2. The van der Waals surface area contributed by atoms with E-state index < -0.39 is 0 Å². The van der Waals surface area contributed by atoms with Crippen molar-refractivity contribution < 1.29 is 0 Å². The molecule has 0 amide bonds. The van der Waals surface area contributed by atoms with Crippen molar-refractivity contribution in [3.63, 3.8) is 0 Å². The van der Waals surface area contributed by atoms with E-state index >= 15 is 0 Å². The van der Waals surface area contributed by atoms with Gasteiger partial charge in [-0.05, 0) is 37.6 Å². The lowest BCUT2D eigenvalue weighted by Crippen LogP contribution is -2.47. The summed E-state index contributed by atoms with van der Waals surface area (Å²) >= 11 is 0. The zero-order chi connectivity index (χ0) is 18.4. The largest absolute Gasteiger partial charge is 0.368 e. The molecule has 0 unspecified atom stereocenters. The molecule has 1 saturated heterocycles. The van der Waals surface area contributed by atoms with Gasteiger partial charge in [-0.15, -0.1) is 10.2 Å². The topological polar surface area (TPSA) is 49.6 Å². The summed E-state index contributed by atoms with van der Waals surface area (Å²) in [5.74, 6) is 0.923. The molecular formula is C21H22N6. The second-order valence-corrected chi connectivity index (χ2v) is 7.21. The van der Waals surface area contributed by atoms with Gasteiger partial charge in [-0.3, -0.25) is 4.40 Å². The number of para-hydroxylation sites is 2. The van der Waals surface area contributed by atoms with E-state index in [-0.39, 0.29) is 0 Å². The summed E-state index contributed by atoms with van der Waals surface area (Å²) in [6.07, 6.45) is 1.77. The molecule has 0 N–H and O–H groups in total. The maximum absolute atomic E-state index is 4.91. The van der Waals surface area contributed by atoms with Gasteiger partial charge in [0.1, 0.15) is 6.33 Å². The van der Waals surface area contributed by atoms with Gasteiger partial charge in [0.15, 0.2) is 5.82 Å². The SMILES string of the molecule is Cc1ccc(N2CCN(c3nc4ccccc4n4cnnc34)CC2)c(C)c1. The van der Waals surface area contributed by atoms with Gasteiger partial charge in [0.2, 0.25) is 5.65 Å². The Labute approximate surface area is 158 Å². The highest BCUT2D eigenvalue weighted by atomic mass is 15.3. The standard InChI is InChI=1S/C21H22N6/c1-15-7-8-18(16(2)13-15)25-9-11-26(12-10-25)20-21-24-22-14-27(21)19-6-4-3-5-17(19)23-20/h3-8,13-14H,9-12H2,1-2H3. The highest BCUT2D eigenvalue weighted by Gasteiger charge is 2.22. The van der Waals surface area contributed by atoms with Crippen molar-refractivity contribution in [2.75, 3.05) is 36.0 Å². The fraction of sp³-hybridized carbons (Fsp3) is 0.286. The van der Waals surface area contributed by atoms with Crippen molar-refractivity contribution in [3.05, 3.63) is 59.9 Å². The van der Waals surface area contributed by atoms with Gasteiger partial charge >= 0.3 is 0 Å². The summed E-state index contributed by atoms with van der Waals surface area (Å²) in [5, 5.41) is 8.47. The molecule has 0 bridgehead atoms. The molecule has 2 aromatic carbocycles. The zero-order valence-corrected chi connectivity index (χ0v) is 15.6. The molecule has 5 rings (SSSR count). The van der Waals surface area contributed by atoms with E-state index in [9.17, 15) is 0 Å². The number of piperazine rings is 1. The predicted molar refractivity (Wildman–Crippen MR) is 109 cm³/mol. The van der Waals surface area contributed by atoms with Crippen LogP contribution in [0.1, 0.15) is 11.1 Å². The Balaban J connectivity index is 1.46. The smallest absolute Gasteiger partial charge is 0.204 e. The van der Waals surface area contributed by atoms with E-state index in [0.29, 0.717) is 0 Å². The summed E-state index contributed by atoms with van der Waals surface area (Å²) in [6.45, 7) is 8.11. The molecule has 1 aliphatic heterocycles. The zero-order valence-electron chi connectivity index (χ0n) is 15.6. The summed E-state index contributed by atoms with van der Waals surface area (Å²) in [6, 6.07) is 14.8. The molecule has 0 radical (unpaired) electrons. The third-order valence-electron chi connectivity index (χ3n) is 5.39. The van der Waals surface area contributed by atoms with Gasteiger partial charge in [0.05, 0.1) is 11.0 Å². The van der Waals surface area contributed by atoms with Crippen LogP contribution < -0.4 is 9.80 Å². The number of benzene rings is 2. The molecule has 0 atom stereocenters. The molecule has 6 heteroatoms. The van der Waals surface area contributed by atoms with Gasteiger partial charge in [0, 0.05) is 31.9 Å². The molecule has 0 aliphatic carbocycles. The van der Waals surface area contributed by atoms with Crippen LogP contribution in [0.2, 0.25) is 0 Å². The number of aryl methyl sites for hydroxylation is 2. The Morgan fingerprint density at radius 2 is 1.67 bits per heavy atom. The fourth-order valence-electron chi connectivity index (χ4n) is 4.02. The highest BCUT2D eigenvalue weighted by Crippen LogP contribution is 2.27. The van der Waals surface area contributed by atoms with E-state index in [4.69, 9.17) is 4.98 Å². The Morgan fingerprint density at radius 3 is 2.48 bits per heavy atom. The van der Waals surface area contributed by atoms with E-state index in [2.05, 4.69) is 58.1 Å². The first kappa shape index (κ1) is 16.1. The Hall–Kier alpha value is -3.15. The molecule has 1 aliphatic rings. The Morgan fingerprint density at radius 1 is 0.889 bits per heavy atom. The molecule has 136 valence electrons. The minimum atomic E-state index is 0.827. The van der Waals surface area contributed by atoms with E-state index in [1.165, 1.54) is 16.8 Å². The van der Waals surface area contributed by atoms with Gasteiger partial charge < -0.3 is 9.80 Å². The number of anilines is 2. The van der Waals surface area contributed by atoms with Crippen LogP contribution in [0.15, 0.2) is 48.8 Å². The van der Waals surface area contributed by atoms with Crippen LogP contribution in [0.4, 0.5) is 11.5 Å². The van der Waals surface area contributed by atoms with Crippen molar-refractivity contribution in [2.24, 2.45) is 0 Å². The maximum Gasteiger partial charge on any atom is 0.204 e. The fourth-order valence-corrected chi connectivity index (χ4v) is 4.02. The quantitative estimate of drug-likeness (QED) is 0.551. The van der Waals surface area contributed by atoms with E-state index in [0.717, 1.165) is 48.7 Å². The highest BCUT2D eigenvalue weighted by molar-refractivity contribution is 5.83. The molecular weight excluding hydrogens is 336 g/mol. The molecule has 2 aromatic heterocycles. The van der Waals surface area contributed by atoms with Crippen molar-refractivity contribution in [3.8, 4) is 0 Å². The van der Waals surface area contributed by atoms with E-state index in [1.807, 2.05) is 22.6 Å². The number of hydrogen-bond acceptors (Lipinski definition) is 5. The van der Waals surface area contributed by atoms with Crippen LogP contribution >= 0.6 is 0 Å². The third-order valence-corrected chi connectivity index (χ3v) is 5.39. The van der Waals surface area contributed by atoms with Crippen LogP contribution in [0.25, 0.3) is 16.7 Å². The third kappa shape index (κ3) is 2.68. The Kier molecular flexibility index (Phi) is 3.70. The van der Waals surface area contributed by atoms with E-state index in [1.54, 1.807) is 6.33 Å². The first-order chi connectivity index (χ1) is 13.2. The molecule has 6 nitrogen and oxygen atoms in total. The van der Waals surface area contributed by atoms with Crippen LogP contribution in [0, 0.1) is 13.8 Å². The summed E-state index contributed by atoms with van der Waals surface area (Å²) in [7, 11) is 0. The van der Waals surface area contributed by atoms with Gasteiger partial charge in [0.25, 0.3) is 0 Å². The van der Waals surface area contributed by atoms with Crippen molar-refractivity contribution in [2.45, 2.75) is 13.8 Å². The molecule has 0 spiro atoms. The minimum Gasteiger partial charge on any atom is -0.368 e. The van der Waals surface area contributed by atoms with Crippen LogP contribution in [-0.2, 0) is 0 Å². The summed E-state index contributed by atoms with van der Waals surface area (Å²) < 4.78 is 2.04. The van der Waals surface area contributed by atoms with Gasteiger partial charge in [-0.25, -0.2) is 4.98 Å². The molecule has 4 aromatic rings. The molecule has 27 heavy (non-hydrogen) atoms. The number of hydrogen-bond donors (Lipinski definition) is 0. The average Bonchev–Trinajstić information content (AvgIpc) is 3.18. The van der Waals surface area contributed by atoms with Crippen LogP contribution in [0.3, 0.4) is 0 Å². The predicted octanol–water partition coefficient (Wildman–Crippen LogP) is 3.22. The van der Waals surface area contributed by atoms with Crippen LogP contribution in [-0.4, -0.2) is 45.8 Å². The first-order valence-corrected chi connectivity index (χ1v) is 9.36. The molecule has 0 saturated carbocycles. The normalized spacial score (nSPS) is 15.0. The van der Waals surface area contributed by atoms with Crippen molar-refractivity contribution >= 4 is 28.2 Å². The number of fused-ring (bicyclic) bond motifs is 3. The second kappa shape index (κ2) is 6.23. The van der Waals surface area contributed by atoms with Crippen molar-refractivity contribution in [1.29, 1.82) is 0 Å². The second-order valence-electron chi connectivity index (χ2n) is 7.21. The average molecular weight is 358 g/mol. The number of aromatic nitrogens is 4.